The standard InChI is InChI=1S/C24H20FN3O4S2/c1-13-7-9-34-22(13)23(29)28-24(33)27-17-5-4-14(10-16(17)25)32-19-6-8-26-18-12-21(31-3)20(30-2)11-15(18)19/h4-12H,1-3H3,(H2,27,28,29,33). The van der Waals surface area contributed by atoms with Crippen LogP contribution in [0.15, 0.2) is 54.0 Å². The number of amides is 1. The van der Waals surface area contributed by atoms with Gasteiger partial charge in [0.15, 0.2) is 16.6 Å². The SMILES string of the molecule is COc1cc2nccc(Oc3ccc(NC(=S)NC(=O)c4sccc4C)c(F)c3)c2cc1OC. The van der Waals surface area contributed by atoms with Crippen molar-refractivity contribution in [1.29, 1.82) is 0 Å². The second-order valence-corrected chi connectivity index (χ2v) is 8.44. The highest BCUT2D eigenvalue weighted by Crippen LogP contribution is 2.37. The number of anilines is 1. The first-order chi connectivity index (χ1) is 16.4. The lowest BCUT2D eigenvalue weighted by Gasteiger charge is -2.14. The zero-order chi connectivity index (χ0) is 24.2. The highest BCUT2D eigenvalue weighted by molar-refractivity contribution is 7.80. The molecule has 2 aromatic carbocycles. The Balaban J connectivity index is 1.50. The topological polar surface area (TPSA) is 81.7 Å². The molecule has 0 fully saturated rings. The Morgan fingerprint density at radius 2 is 1.82 bits per heavy atom. The average Bonchev–Trinajstić information content (AvgIpc) is 3.26. The molecule has 2 N–H and O–H groups in total. The fourth-order valence-corrected chi connectivity index (χ4v) is 4.27. The lowest BCUT2D eigenvalue weighted by atomic mass is 10.2. The van der Waals surface area contributed by atoms with Crippen LogP contribution in [0.25, 0.3) is 10.9 Å². The minimum Gasteiger partial charge on any atom is -0.493 e. The summed E-state index contributed by atoms with van der Waals surface area (Å²) < 4.78 is 31.4. The quantitative estimate of drug-likeness (QED) is 0.332. The molecule has 34 heavy (non-hydrogen) atoms. The first-order valence-corrected chi connectivity index (χ1v) is 11.3. The van der Waals surface area contributed by atoms with E-state index in [9.17, 15) is 9.18 Å². The molecule has 0 aliphatic rings. The minimum absolute atomic E-state index is 0.00783. The van der Waals surface area contributed by atoms with Crippen molar-refractivity contribution in [2.75, 3.05) is 19.5 Å². The van der Waals surface area contributed by atoms with Crippen molar-refractivity contribution in [3.63, 3.8) is 0 Å². The third-order valence-corrected chi connectivity index (χ3v) is 6.14. The maximum absolute atomic E-state index is 14.8. The van der Waals surface area contributed by atoms with Gasteiger partial charge in [-0.05, 0) is 60.4 Å². The Kier molecular flexibility index (Phi) is 6.90. The maximum Gasteiger partial charge on any atom is 0.267 e. The normalized spacial score (nSPS) is 10.6. The number of fused-ring (bicyclic) bond motifs is 1. The van der Waals surface area contributed by atoms with E-state index in [1.165, 1.54) is 30.6 Å². The van der Waals surface area contributed by atoms with Gasteiger partial charge in [-0.2, -0.15) is 0 Å². The fourth-order valence-electron chi connectivity index (χ4n) is 3.24. The van der Waals surface area contributed by atoms with Gasteiger partial charge in [0.05, 0.1) is 30.3 Å². The van der Waals surface area contributed by atoms with E-state index < -0.39 is 5.82 Å². The summed E-state index contributed by atoms with van der Waals surface area (Å²) in [6, 6.07) is 11.3. The van der Waals surface area contributed by atoms with Gasteiger partial charge in [0.2, 0.25) is 0 Å². The number of nitrogens with one attached hydrogen (secondary N) is 2. The number of carbonyl (C=O) groups excluding carboxylic acids is 1. The third kappa shape index (κ3) is 4.92. The smallest absolute Gasteiger partial charge is 0.267 e. The number of hydrogen-bond donors (Lipinski definition) is 2. The van der Waals surface area contributed by atoms with Crippen LogP contribution in [0, 0.1) is 12.7 Å². The van der Waals surface area contributed by atoms with Gasteiger partial charge in [-0.25, -0.2) is 4.39 Å². The average molecular weight is 498 g/mol. The van der Waals surface area contributed by atoms with Gasteiger partial charge in [-0.15, -0.1) is 11.3 Å². The number of benzene rings is 2. The summed E-state index contributed by atoms with van der Waals surface area (Å²) in [7, 11) is 3.08. The first kappa shape index (κ1) is 23.4. The van der Waals surface area contributed by atoms with Crippen molar-refractivity contribution < 1.29 is 23.4 Å². The molecule has 0 spiro atoms. The number of ether oxygens (including phenoxy) is 3. The lowest BCUT2D eigenvalue weighted by Crippen LogP contribution is -2.34. The zero-order valence-corrected chi connectivity index (χ0v) is 20.1. The molecule has 0 atom stereocenters. The molecular weight excluding hydrogens is 477 g/mol. The van der Waals surface area contributed by atoms with Crippen LogP contribution < -0.4 is 24.8 Å². The van der Waals surface area contributed by atoms with E-state index in [0.717, 1.165) is 5.56 Å². The van der Waals surface area contributed by atoms with E-state index in [1.807, 2.05) is 18.4 Å². The molecule has 0 aliphatic heterocycles. The fraction of sp³-hybridized carbons (Fsp3) is 0.125. The van der Waals surface area contributed by atoms with Gasteiger partial charge in [0.25, 0.3) is 5.91 Å². The van der Waals surface area contributed by atoms with Crippen molar-refractivity contribution >= 4 is 51.2 Å². The number of rotatable bonds is 6. The number of thiocarbonyl (C=S) groups is 1. The van der Waals surface area contributed by atoms with E-state index in [1.54, 1.807) is 37.6 Å². The molecule has 1 amide bonds. The number of aryl methyl sites for hydroxylation is 1. The van der Waals surface area contributed by atoms with Gasteiger partial charge in [0.1, 0.15) is 17.3 Å². The van der Waals surface area contributed by atoms with Gasteiger partial charge in [0, 0.05) is 23.7 Å². The van der Waals surface area contributed by atoms with Crippen molar-refractivity contribution in [3.8, 4) is 23.0 Å². The second-order valence-electron chi connectivity index (χ2n) is 7.12. The van der Waals surface area contributed by atoms with Gasteiger partial charge >= 0.3 is 0 Å². The Labute approximate surface area is 204 Å². The Morgan fingerprint density at radius 3 is 2.50 bits per heavy atom. The molecule has 0 saturated heterocycles. The Hall–Kier alpha value is -3.76. The van der Waals surface area contributed by atoms with E-state index in [4.69, 9.17) is 26.4 Å². The molecule has 10 heteroatoms. The number of pyridine rings is 1. The predicted octanol–water partition coefficient (Wildman–Crippen LogP) is 5.68. The van der Waals surface area contributed by atoms with Gasteiger partial charge in [-0.3, -0.25) is 15.1 Å². The summed E-state index contributed by atoms with van der Waals surface area (Å²) in [5, 5.41) is 7.75. The molecule has 4 aromatic rings. The van der Waals surface area contributed by atoms with Crippen LogP contribution in [-0.4, -0.2) is 30.2 Å². The molecule has 7 nitrogen and oxygen atoms in total. The molecule has 0 radical (unpaired) electrons. The first-order valence-electron chi connectivity index (χ1n) is 10.0. The summed E-state index contributed by atoms with van der Waals surface area (Å²) in [5.41, 5.74) is 1.58. The summed E-state index contributed by atoms with van der Waals surface area (Å²) in [6.45, 7) is 1.83. The monoisotopic (exact) mass is 497 g/mol. The van der Waals surface area contributed by atoms with E-state index >= 15 is 0 Å². The largest absolute Gasteiger partial charge is 0.493 e. The molecule has 0 aliphatic carbocycles. The van der Waals surface area contributed by atoms with Crippen molar-refractivity contribution in [3.05, 3.63) is 70.3 Å². The molecule has 4 rings (SSSR count). The molecule has 2 aromatic heterocycles. The number of carbonyl (C=O) groups is 1. The number of halogens is 1. The van der Waals surface area contributed by atoms with Crippen LogP contribution in [0.5, 0.6) is 23.0 Å². The molecule has 0 saturated carbocycles. The molecule has 174 valence electrons. The van der Waals surface area contributed by atoms with Crippen LogP contribution in [0.2, 0.25) is 0 Å². The summed E-state index contributed by atoms with van der Waals surface area (Å²) >= 11 is 6.47. The number of nitrogens with zero attached hydrogens (tertiary/aromatic N) is 1. The lowest BCUT2D eigenvalue weighted by molar-refractivity contribution is 0.0981. The van der Waals surface area contributed by atoms with Crippen LogP contribution in [0.1, 0.15) is 15.2 Å². The maximum atomic E-state index is 14.8. The zero-order valence-electron chi connectivity index (χ0n) is 18.5. The Morgan fingerprint density at radius 1 is 1.06 bits per heavy atom. The van der Waals surface area contributed by atoms with E-state index in [2.05, 4.69) is 15.6 Å². The van der Waals surface area contributed by atoms with Gasteiger partial charge in [-0.1, -0.05) is 0 Å². The van der Waals surface area contributed by atoms with Crippen LogP contribution in [-0.2, 0) is 0 Å². The van der Waals surface area contributed by atoms with Crippen LogP contribution in [0.3, 0.4) is 0 Å². The third-order valence-electron chi connectivity index (χ3n) is 4.92. The van der Waals surface area contributed by atoms with Crippen LogP contribution in [0.4, 0.5) is 10.1 Å². The van der Waals surface area contributed by atoms with E-state index in [0.29, 0.717) is 33.0 Å². The van der Waals surface area contributed by atoms with E-state index in [-0.39, 0.29) is 22.5 Å². The summed E-state index contributed by atoms with van der Waals surface area (Å²) in [4.78, 5) is 17.2. The number of thiophene rings is 1. The Bertz CT molecular complexity index is 1390. The highest BCUT2D eigenvalue weighted by atomic mass is 32.1. The number of aromatic nitrogens is 1. The van der Waals surface area contributed by atoms with Crippen molar-refractivity contribution in [2.24, 2.45) is 0 Å². The van der Waals surface area contributed by atoms with Gasteiger partial charge < -0.3 is 19.5 Å². The van der Waals surface area contributed by atoms with Crippen molar-refractivity contribution in [1.82, 2.24) is 10.3 Å². The number of methoxy groups -OCH3 is 2. The molecule has 2 heterocycles. The predicted molar refractivity (Wildman–Crippen MR) is 134 cm³/mol. The molecule has 0 bridgehead atoms. The number of hydrogen-bond acceptors (Lipinski definition) is 7. The van der Waals surface area contributed by atoms with Crippen molar-refractivity contribution in [2.45, 2.75) is 6.92 Å². The summed E-state index contributed by atoms with van der Waals surface area (Å²) in [5.74, 6) is 0.862. The second kappa shape index (κ2) is 10.0. The molecule has 0 unspecified atom stereocenters. The summed E-state index contributed by atoms with van der Waals surface area (Å²) in [6.07, 6.45) is 1.59. The minimum atomic E-state index is -0.598. The molecular formula is C24H20FN3O4S2. The highest BCUT2D eigenvalue weighted by Gasteiger charge is 2.15. The van der Waals surface area contributed by atoms with Crippen LogP contribution >= 0.6 is 23.6 Å².